The smallest absolute Gasteiger partial charge is 0.341 e. The molecular formula is C23H22FN3O4S. The summed E-state index contributed by atoms with van der Waals surface area (Å²) in [5.74, 6) is -1.75. The van der Waals surface area contributed by atoms with Crippen LogP contribution in [0.3, 0.4) is 0 Å². The van der Waals surface area contributed by atoms with Crippen LogP contribution in [0.1, 0.15) is 38.9 Å². The number of piperazine rings is 1. The van der Waals surface area contributed by atoms with Crippen LogP contribution < -0.4 is 10.3 Å². The van der Waals surface area contributed by atoms with Crippen LogP contribution in [0.5, 0.6) is 0 Å². The zero-order valence-electron chi connectivity index (χ0n) is 17.3. The maximum atomic E-state index is 15.1. The van der Waals surface area contributed by atoms with E-state index in [1.165, 1.54) is 23.6 Å². The predicted octanol–water partition coefficient (Wildman–Crippen LogP) is 3.24. The number of carbonyl (C=O) groups excluding carboxylic acids is 1. The minimum absolute atomic E-state index is 0.0908. The number of nitrogens with zero attached hydrogens (tertiary/aromatic N) is 3. The van der Waals surface area contributed by atoms with Gasteiger partial charge in [-0.1, -0.05) is 6.07 Å². The molecule has 1 saturated carbocycles. The molecule has 0 unspecified atom stereocenters. The van der Waals surface area contributed by atoms with E-state index in [2.05, 4.69) is 4.90 Å². The van der Waals surface area contributed by atoms with Crippen molar-refractivity contribution in [3.63, 3.8) is 0 Å². The Hall–Kier alpha value is -3.04. The number of Topliss-reactive ketones (excluding diaryl/α,β-unsaturated/α-hetero) is 1. The predicted molar refractivity (Wildman–Crippen MR) is 121 cm³/mol. The zero-order valence-corrected chi connectivity index (χ0v) is 18.1. The molecule has 0 atom stereocenters. The van der Waals surface area contributed by atoms with Gasteiger partial charge >= 0.3 is 5.97 Å². The van der Waals surface area contributed by atoms with Crippen LogP contribution in [-0.4, -0.2) is 59.0 Å². The second-order valence-electron chi connectivity index (χ2n) is 8.30. The molecule has 3 heterocycles. The monoisotopic (exact) mass is 455 g/mol. The third kappa shape index (κ3) is 3.82. The molecule has 2 aliphatic rings. The Bertz CT molecular complexity index is 1260. The molecule has 0 bridgehead atoms. The highest BCUT2D eigenvalue weighted by atomic mass is 32.1. The lowest BCUT2D eigenvalue weighted by Crippen LogP contribution is -2.48. The van der Waals surface area contributed by atoms with Crippen LogP contribution in [0.4, 0.5) is 10.1 Å². The number of hydrogen-bond acceptors (Lipinski definition) is 6. The number of fused-ring (bicyclic) bond motifs is 1. The van der Waals surface area contributed by atoms with Gasteiger partial charge in [0.2, 0.25) is 5.43 Å². The summed E-state index contributed by atoms with van der Waals surface area (Å²) in [6, 6.07) is 6.66. The summed E-state index contributed by atoms with van der Waals surface area (Å²) in [6.45, 7) is 2.71. The van der Waals surface area contributed by atoms with Crippen molar-refractivity contribution < 1.29 is 19.1 Å². The molecule has 9 heteroatoms. The van der Waals surface area contributed by atoms with Crippen LogP contribution in [0.25, 0.3) is 10.9 Å². The van der Waals surface area contributed by atoms with Crippen LogP contribution in [0.15, 0.2) is 40.6 Å². The number of anilines is 1. The van der Waals surface area contributed by atoms with E-state index in [1.807, 2.05) is 22.4 Å². The highest BCUT2D eigenvalue weighted by Crippen LogP contribution is 2.38. The fourth-order valence-corrected chi connectivity index (χ4v) is 4.93. The van der Waals surface area contributed by atoms with Gasteiger partial charge in [0.25, 0.3) is 0 Å². The van der Waals surface area contributed by atoms with E-state index in [4.69, 9.17) is 0 Å². The Morgan fingerprint density at radius 1 is 1.16 bits per heavy atom. The fourth-order valence-electron chi connectivity index (χ4n) is 4.27. The van der Waals surface area contributed by atoms with Crippen molar-refractivity contribution in [3.05, 3.63) is 62.3 Å². The second-order valence-corrected chi connectivity index (χ2v) is 9.25. The molecule has 0 radical (unpaired) electrons. The van der Waals surface area contributed by atoms with E-state index in [9.17, 15) is 19.5 Å². The Kier molecular flexibility index (Phi) is 5.30. The molecule has 1 N–H and O–H groups in total. The van der Waals surface area contributed by atoms with Crippen molar-refractivity contribution in [2.24, 2.45) is 0 Å². The summed E-state index contributed by atoms with van der Waals surface area (Å²) < 4.78 is 16.9. The molecular weight excluding hydrogens is 433 g/mol. The summed E-state index contributed by atoms with van der Waals surface area (Å²) in [5.41, 5.74) is -0.0276. The molecule has 1 aromatic carbocycles. The molecule has 5 rings (SSSR count). The number of pyridine rings is 1. The third-order valence-corrected chi connectivity index (χ3v) is 7.06. The highest BCUT2D eigenvalue weighted by molar-refractivity contribution is 7.12. The summed E-state index contributed by atoms with van der Waals surface area (Å²) >= 11 is 1.43. The van der Waals surface area contributed by atoms with Crippen LogP contribution >= 0.6 is 11.3 Å². The normalized spacial score (nSPS) is 17.1. The van der Waals surface area contributed by atoms with Crippen LogP contribution in [0, 0.1) is 5.82 Å². The van der Waals surface area contributed by atoms with Gasteiger partial charge in [0.15, 0.2) is 5.78 Å². The second kappa shape index (κ2) is 8.14. The zero-order chi connectivity index (χ0) is 22.4. The Morgan fingerprint density at radius 2 is 1.91 bits per heavy atom. The van der Waals surface area contributed by atoms with Gasteiger partial charge in [-0.05, 0) is 36.4 Å². The lowest BCUT2D eigenvalue weighted by molar-refractivity contribution is 0.0694. The number of aromatic nitrogens is 1. The van der Waals surface area contributed by atoms with E-state index < -0.39 is 17.2 Å². The molecule has 32 heavy (non-hydrogen) atoms. The number of halogens is 1. The van der Waals surface area contributed by atoms with Crippen molar-refractivity contribution in [1.29, 1.82) is 0 Å². The maximum absolute atomic E-state index is 15.1. The number of ketones is 1. The largest absolute Gasteiger partial charge is 0.477 e. The molecule has 0 spiro atoms. The molecule has 166 valence electrons. The van der Waals surface area contributed by atoms with E-state index in [0.29, 0.717) is 43.9 Å². The number of carbonyl (C=O) groups is 2. The number of carboxylic acids is 1. The summed E-state index contributed by atoms with van der Waals surface area (Å²) in [7, 11) is 0. The summed E-state index contributed by atoms with van der Waals surface area (Å²) in [5, 5.41) is 11.4. The molecule has 7 nitrogen and oxygen atoms in total. The van der Waals surface area contributed by atoms with Crippen molar-refractivity contribution in [2.75, 3.05) is 37.6 Å². The number of benzene rings is 1. The Morgan fingerprint density at radius 3 is 2.53 bits per heavy atom. The molecule has 2 aromatic heterocycles. The number of rotatable bonds is 6. The first-order valence-electron chi connectivity index (χ1n) is 10.6. The van der Waals surface area contributed by atoms with E-state index in [1.54, 1.807) is 10.6 Å². The molecule has 1 aliphatic carbocycles. The highest BCUT2D eigenvalue weighted by Gasteiger charge is 2.28. The van der Waals surface area contributed by atoms with Gasteiger partial charge in [0.05, 0.1) is 22.6 Å². The molecule has 1 saturated heterocycles. The molecule has 0 amide bonds. The van der Waals surface area contributed by atoms with Gasteiger partial charge in [-0.15, -0.1) is 11.3 Å². The maximum Gasteiger partial charge on any atom is 0.341 e. The van der Waals surface area contributed by atoms with E-state index in [0.717, 1.165) is 17.7 Å². The average Bonchev–Trinajstić information content (AvgIpc) is 3.46. The minimum atomic E-state index is -1.30. The average molecular weight is 456 g/mol. The number of aromatic carboxylic acids is 1. The third-order valence-electron chi connectivity index (χ3n) is 6.15. The van der Waals surface area contributed by atoms with Crippen molar-refractivity contribution in [3.8, 4) is 0 Å². The minimum Gasteiger partial charge on any atom is -0.477 e. The van der Waals surface area contributed by atoms with Gasteiger partial charge in [0.1, 0.15) is 11.4 Å². The van der Waals surface area contributed by atoms with E-state index >= 15 is 4.39 Å². The lowest BCUT2D eigenvalue weighted by atomic mass is 10.1. The number of carboxylic acid groups (broad SMARTS) is 1. The van der Waals surface area contributed by atoms with Gasteiger partial charge in [-0.2, -0.15) is 0 Å². The Labute approximate surface area is 187 Å². The molecule has 2 fully saturated rings. The van der Waals surface area contributed by atoms with Crippen molar-refractivity contribution in [2.45, 2.75) is 18.9 Å². The van der Waals surface area contributed by atoms with Crippen molar-refractivity contribution >= 4 is 39.7 Å². The van der Waals surface area contributed by atoms with Crippen LogP contribution in [0.2, 0.25) is 0 Å². The molecule has 3 aromatic rings. The van der Waals surface area contributed by atoms with Gasteiger partial charge < -0.3 is 14.6 Å². The topological polar surface area (TPSA) is 82.8 Å². The van der Waals surface area contributed by atoms with Crippen molar-refractivity contribution in [1.82, 2.24) is 9.47 Å². The Balaban J connectivity index is 1.40. The lowest BCUT2D eigenvalue weighted by Gasteiger charge is -2.36. The van der Waals surface area contributed by atoms with Gasteiger partial charge in [-0.25, -0.2) is 9.18 Å². The van der Waals surface area contributed by atoms with Gasteiger partial charge in [-0.3, -0.25) is 14.5 Å². The first kappa shape index (κ1) is 20.8. The fraction of sp³-hybridized carbons (Fsp3) is 0.348. The summed E-state index contributed by atoms with van der Waals surface area (Å²) in [6.07, 6.45) is 3.20. The first-order chi connectivity index (χ1) is 15.4. The SMILES string of the molecule is O=C(CN1CCN(c2cc3c(cc2F)c(=O)c(C(=O)O)cn3C2CC2)CC1)c1cccs1. The van der Waals surface area contributed by atoms with Gasteiger partial charge in [0, 0.05) is 43.8 Å². The quantitative estimate of drug-likeness (QED) is 0.575. The number of hydrogen-bond donors (Lipinski definition) is 1. The molecule has 1 aliphatic heterocycles. The standard InChI is InChI=1S/C23H22FN3O4S/c24-17-10-15-18(27(14-3-4-14)12-16(22(15)29)23(30)31)11-19(17)26-7-5-25(6-8-26)13-20(28)21-2-1-9-32-21/h1-2,9-12,14H,3-8,13H2,(H,30,31). The number of thiophene rings is 1. The summed E-state index contributed by atoms with van der Waals surface area (Å²) in [4.78, 5) is 41.2. The van der Waals surface area contributed by atoms with Crippen LogP contribution in [-0.2, 0) is 0 Å². The van der Waals surface area contributed by atoms with E-state index in [-0.39, 0.29) is 22.8 Å². The first-order valence-corrected chi connectivity index (χ1v) is 11.5.